The molecule has 1 atom stereocenters. The predicted octanol–water partition coefficient (Wildman–Crippen LogP) is 3.30. The first-order valence-electron chi connectivity index (χ1n) is 7.23. The summed E-state index contributed by atoms with van der Waals surface area (Å²) in [4.78, 5) is 13.3. The fourth-order valence-corrected chi connectivity index (χ4v) is 4.65. The third-order valence-electron chi connectivity index (χ3n) is 3.71. The van der Waals surface area contributed by atoms with Crippen LogP contribution in [0.15, 0.2) is 46.6 Å². The largest absolute Gasteiger partial charge is 0.609 e. The highest BCUT2D eigenvalue weighted by Gasteiger charge is 2.19. The average Bonchev–Trinajstić information content (AvgIpc) is 2.99. The fourth-order valence-electron chi connectivity index (χ4n) is 2.59. The van der Waals surface area contributed by atoms with Gasteiger partial charge in [0.1, 0.15) is 0 Å². The van der Waals surface area contributed by atoms with E-state index < -0.39 is 11.2 Å². The van der Waals surface area contributed by atoms with Gasteiger partial charge in [0.15, 0.2) is 5.75 Å². The molecule has 0 bridgehead atoms. The van der Waals surface area contributed by atoms with Gasteiger partial charge in [-0.15, -0.1) is 11.8 Å². The number of H-pyrrole nitrogens is 1. The summed E-state index contributed by atoms with van der Waals surface area (Å²) in [5, 5.41) is 0.522. The monoisotopic (exact) mass is 329 g/mol. The van der Waals surface area contributed by atoms with E-state index in [-0.39, 0.29) is 0 Å². The molecule has 1 N–H and O–H groups in total. The molecule has 0 saturated heterocycles. The highest BCUT2D eigenvalue weighted by molar-refractivity contribution is 7.99. The lowest BCUT2D eigenvalue weighted by Crippen LogP contribution is -2.09. The van der Waals surface area contributed by atoms with Gasteiger partial charge in [-0.1, -0.05) is 12.1 Å². The van der Waals surface area contributed by atoms with Gasteiger partial charge in [0.2, 0.25) is 0 Å². The standard InChI is InChI=1S/C16H15N3OS2/c20-22(16-18-13-5-1-2-6-14(13)19-16)10-12-8-15-11(9-17-12)4-3-7-21-15/h1-2,5-6,8-9H,3-4,7,10H2,(H,18,19). The molecule has 4 rings (SSSR count). The van der Waals surface area contributed by atoms with Crippen molar-refractivity contribution in [2.24, 2.45) is 0 Å². The van der Waals surface area contributed by atoms with Gasteiger partial charge in [-0.3, -0.25) is 9.97 Å². The molecular weight excluding hydrogens is 314 g/mol. The van der Waals surface area contributed by atoms with Crippen LogP contribution in [-0.4, -0.2) is 25.3 Å². The van der Waals surface area contributed by atoms with Crippen molar-refractivity contribution in [2.75, 3.05) is 5.75 Å². The number of pyridine rings is 1. The molecular formula is C16H15N3OS2. The summed E-state index contributed by atoms with van der Waals surface area (Å²) in [7, 11) is 0. The zero-order valence-corrected chi connectivity index (χ0v) is 13.5. The van der Waals surface area contributed by atoms with Crippen LogP contribution in [0.5, 0.6) is 0 Å². The highest BCUT2D eigenvalue weighted by atomic mass is 32.2. The van der Waals surface area contributed by atoms with Gasteiger partial charge in [0, 0.05) is 22.3 Å². The first kappa shape index (κ1) is 14.1. The van der Waals surface area contributed by atoms with Crippen LogP contribution < -0.4 is 0 Å². The summed E-state index contributed by atoms with van der Waals surface area (Å²) in [5.74, 6) is 1.55. The molecule has 6 heteroatoms. The van der Waals surface area contributed by atoms with E-state index >= 15 is 0 Å². The Labute approximate surface area is 135 Å². The van der Waals surface area contributed by atoms with Gasteiger partial charge in [-0.25, -0.2) is 0 Å². The van der Waals surface area contributed by atoms with Crippen molar-refractivity contribution in [2.45, 2.75) is 28.6 Å². The summed E-state index contributed by atoms with van der Waals surface area (Å²) in [5.41, 5.74) is 3.95. The predicted molar refractivity (Wildman–Crippen MR) is 89.5 cm³/mol. The quantitative estimate of drug-likeness (QED) is 0.749. The lowest BCUT2D eigenvalue weighted by molar-refractivity contribution is 0.586. The van der Waals surface area contributed by atoms with Crippen molar-refractivity contribution in [3.05, 3.63) is 47.8 Å². The Morgan fingerprint density at radius 3 is 3.14 bits per heavy atom. The number of aromatic nitrogens is 3. The van der Waals surface area contributed by atoms with Crippen LogP contribution in [0.3, 0.4) is 0 Å². The van der Waals surface area contributed by atoms with Gasteiger partial charge >= 0.3 is 5.16 Å². The zero-order valence-electron chi connectivity index (χ0n) is 11.9. The summed E-state index contributed by atoms with van der Waals surface area (Å²) in [6, 6.07) is 9.81. The van der Waals surface area contributed by atoms with E-state index in [4.69, 9.17) is 0 Å². The van der Waals surface area contributed by atoms with Crippen molar-refractivity contribution in [3.8, 4) is 0 Å². The number of nitrogens with zero attached hydrogens (tertiary/aromatic N) is 2. The maximum absolute atomic E-state index is 12.5. The SMILES string of the molecule is [O-][S+](Cc1cc2c(cn1)CCCS2)c1nc2ccccc2[nH]1. The molecule has 1 aliphatic rings. The number of fused-ring (bicyclic) bond motifs is 2. The number of rotatable bonds is 3. The van der Waals surface area contributed by atoms with Crippen molar-refractivity contribution in [3.63, 3.8) is 0 Å². The number of hydrogen-bond acceptors (Lipinski definition) is 4. The minimum absolute atomic E-state index is 0.396. The van der Waals surface area contributed by atoms with Crippen molar-refractivity contribution >= 4 is 34.0 Å². The van der Waals surface area contributed by atoms with Crippen LogP contribution in [-0.2, 0) is 23.3 Å². The molecule has 0 fully saturated rings. The molecule has 4 nitrogen and oxygen atoms in total. The molecule has 0 saturated carbocycles. The van der Waals surface area contributed by atoms with Gasteiger partial charge in [-0.05, 0) is 42.4 Å². The highest BCUT2D eigenvalue weighted by Crippen LogP contribution is 2.30. The molecule has 2 aromatic heterocycles. The molecule has 3 heterocycles. The van der Waals surface area contributed by atoms with Crippen molar-refractivity contribution < 1.29 is 4.55 Å². The van der Waals surface area contributed by atoms with Crippen molar-refractivity contribution in [1.29, 1.82) is 0 Å². The molecule has 0 spiro atoms. The van der Waals surface area contributed by atoms with Crippen LogP contribution in [0.1, 0.15) is 17.7 Å². The summed E-state index contributed by atoms with van der Waals surface area (Å²) < 4.78 is 12.5. The van der Waals surface area contributed by atoms with E-state index in [0.717, 1.165) is 28.9 Å². The van der Waals surface area contributed by atoms with Crippen LogP contribution in [0.4, 0.5) is 0 Å². The second-order valence-electron chi connectivity index (χ2n) is 5.28. The van der Waals surface area contributed by atoms with Gasteiger partial charge in [-0.2, -0.15) is 4.98 Å². The number of nitrogens with one attached hydrogen (secondary N) is 1. The smallest absolute Gasteiger partial charge is 0.322 e. The first-order chi connectivity index (χ1) is 10.8. The molecule has 1 aromatic carbocycles. The Morgan fingerprint density at radius 1 is 1.32 bits per heavy atom. The topological polar surface area (TPSA) is 64.6 Å². The molecule has 0 amide bonds. The Hall–Kier alpha value is -1.50. The minimum atomic E-state index is -1.21. The average molecular weight is 329 g/mol. The van der Waals surface area contributed by atoms with E-state index in [9.17, 15) is 4.55 Å². The Morgan fingerprint density at radius 2 is 2.23 bits per heavy atom. The van der Waals surface area contributed by atoms with Gasteiger partial charge < -0.3 is 4.55 Å². The Kier molecular flexibility index (Phi) is 3.82. The fraction of sp³-hybridized carbons (Fsp3) is 0.250. The number of benzene rings is 1. The van der Waals surface area contributed by atoms with E-state index in [1.165, 1.54) is 16.9 Å². The second kappa shape index (κ2) is 5.95. The van der Waals surface area contributed by atoms with Crippen LogP contribution in [0.25, 0.3) is 11.0 Å². The van der Waals surface area contributed by atoms with Crippen LogP contribution >= 0.6 is 11.8 Å². The van der Waals surface area contributed by atoms with Crippen LogP contribution in [0, 0.1) is 0 Å². The number of thioether (sulfide) groups is 1. The number of para-hydroxylation sites is 2. The molecule has 3 aromatic rings. The molecule has 0 radical (unpaired) electrons. The lowest BCUT2D eigenvalue weighted by Gasteiger charge is -2.15. The third-order valence-corrected chi connectivity index (χ3v) is 6.08. The second-order valence-corrected chi connectivity index (χ2v) is 7.79. The molecule has 1 unspecified atom stereocenters. The van der Waals surface area contributed by atoms with Gasteiger partial charge in [0.25, 0.3) is 0 Å². The molecule has 22 heavy (non-hydrogen) atoms. The zero-order chi connectivity index (χ0) is 14.9. The molecule has 0 aliphatic carbocycles. The first-order valence-corrected chi connectivity index (χ1v) is 9.54. The lowest BCUT2D eigenvalue weighted by atomic mass is 10.1. The van der Waals surface area contributed by atoms with Gasteiger partial charge in [0.05, 0.1) is 16.7 Å². The maximum Gasteiger partial charge on any atom is 0.322 e. The number of imidazole rings is 1. The molecule has 1 aliphatic heterocycles. The third kappa shape index (κ3) is 2.74. The summed E-state index contributed by atoms with van der Waals surface area (Å²) in [6.45, 7) is 0. The number of hydrogen-bond donors (Lipinski definition) is 1. The summed E-state index contributed by atoms with van der Waals surface area (Å²) >= 11 is 0.661. The van der Waals surface area contributed by atoms with Crippen molar-refractivity contribution in [1.82, 2.24) is 15.0 Å². The number of aryl methyl sites for hydroxylation is 1. The van der Waals surface area contributed by atoms with E-state index in [1.807, 2.05) is 42.2 Å². The number of aromatic amines is 1. The Bertz CT molecular complexity index is 785. The normalized spacial score (nSPS) is 15.7. The summed E-state index contributed by atoms with van der Waals surface area (Å²) in [6.07, 6.45) is 4.25. The Balaban J connectivity index is 1.57. The minimum Gasteiger partial charge on any atom is -0.609 e. The molecule has 112 valence electrons. The van der Waals surface area contributed by atoms with E-state index in [2.05, 4.69) is 21.0 Å². The van der Waals surface area contributed by atoms with E-state index in [0.29, 0.717) is 10.9 Å². The van der Waals surface area contributed by atoms with E-state index in [1.54, 1.807) is 0 Å². The van der Waals surface area contributed by atoms with Crippen LogP contribution in [0.2, 0.25) is 0 Å². The maximum atomic E-state index is 12.5.